The molecule has 2 saturated heterocycles. The Balaban J connectivity index is 1.57. The zero-order valence-electron chi connectivity index (χ0n) is 15.9. The fourth-order valence-electron chi connectivity index (χ4n) is 4.05. The highest BCUT2D eigenvalue weighted by Crippen LogP contribution is 2.38. The number of aromatic nitrogens is 1. The van der Waals surface area contributed by atoms with Gasteiger partial charge in [0.15, 0.2) is 5.58 Å². The Hall–Kier alpha value is -1.68. The molecule has 3 heterocycles. The van der Waals surface area contributed by atoms with Crippen molar-refractivity contribution in [3.63, 3.8) is 0 Å². The zero-order chi connectivity index (χ0) is 19.4. The van der Waals surface area contributed by atoms with Crippen LogP contribution in [0.25, 0.3) is 11.1 Å². The average molecular weight is 394 g/mol. The van der Waals surface area contributed by atoms with Crippen LogP contribution in [0.1, 0.15) is 18.4 Å². The lowest BCUT2D eigenvalue weighted by Crippen LogP contribution is -2.61. The van der Waals surface area contributed by atoms with E-state index >= 15 is 0 Å². The molecular weight excluding hydrogens is 368 g/mol. The van der Waals surface area contributed by atoms with Crippen molar-refractivity contribution in [2.24, 2.45) is 5.92 Å². The molecule has 0 spiro atoms. The first-order chi connectivity index (χ1) is 12.7. The number of fused-ring (bicyclic) bond motifs is 2. The van der Waals surface area contributed by atoms with Crippen LogP contribution in [0.5, 0.6) is 0 Å². The van der Waals surface area contributed by atoms with E-state index in [1.165, 1.54) is 22.7 Å². The highest BCUT2D eigenvalue weighted by Gasteiger charge is 2.48. The molecule has 2 aromatic rings. The van der Waals surface area contributed by atoms with E-state index in [0.29, 0.717) is 45.0 Å². The smallest absolute Gasteiger partial charge is 0.298 e. The number of hydrogen-bond acceptors (Lipinski definition) is 6. The van der Waals surface area contributed by atoms with Crippen LogP contribution in [0, 0.1) is 12.8 Å². The minimum atomic E-state index is -3.49. The normalized spacial score (nSPS) is 27.3. The molecular formula is C18H26N4O4S. The molecule has 2 atom stereocenters. The maximum Gasteiger partial charge on any atom is 0.298 e. The maximum atomic E-state index is 12.5. The number of benzene rings is 1. The van der Waals surface area contributed by atoms with Gasteiger partial charge in [-0.2, -0.15) is 22.0 Å². The molecule has 1 N–H and O–H groups in total. The molecule has 1 aromatic carbocycles. The van der Waals surface area contributed by atoms with Crippen molar-refractivity contribution in [3.05, 3.63) is 23.8 Å². The van der Waals surface area contributed by atoms with E-state index in [1.807, 2.05) is 30.0 Å². The van der Waals surface area contributed by atoms with Gasteiger partial charge in [0, 0.05) is 46.2 Å². The van der Waals surface area contributed by atoms with Gasteiger partial charge >= 0.3 is 0 Å². The molecule has 27 heavy (non-hydrogen) atoms. The lowest BCUT2D eigenvalue weighted by atomic mass is 9.76. The molecule has 0 aliphatic carbocycles. The molecule has 9 heteroatoms. The maximum absolute atomic E-state index is 12.5. The van der Waals surface area contributed by atoms with E-state index in [-0.39, 0.29) is 5.92 Å². The van der Waals surface area contributed by atoms with Gasteiger partial charge in [0.1, 0.15) is 5.52 Å². The molecule has 0 saturated carbocycles. The van der Waals surface area contributed by atoms with Crippen LogP contribution in [-0.4, -0.2) is 73.0 Å². The van der Waals surface area contributed by atoms with Crippen LogP contribution >= 0.6 is 0 Å². The van der Waals surface area contributed by atoms with Crippen molar-refractivity contribution in [2.75, 3.05) is 45.2 Å². The summed E-state index contributed by atoms with van der Waals surface area (Å²) in [5.41, 5.74) is 1.83. The largest absolute Gasteiger partial charge is 0.423 e. The Morgan fingerprint density at radius 2 is 2.00 bits per heavy atom. The quantitative estimate of drug-likeness (QED) is 0.842. The van der Waals surface area contributed by atoms with Gasteiger partial charge in [-0.05, 0) is 37.5 Å². The first-order valence-electron chi connectivity index (χ1n) is 9.21. The number of aliphatic hydroxyl groups is 1. The molecule has 0 radical (unpaired) electrons. The van der Waals surface area contributed by atoms with E-state index in [0.717, 1.165) is 16.7 Å². The Bertz CT molecular complexity index is 957. The molecule has 2 aliphatic rings. The van der Waals surface area contributed by atoms with Gasteiger partial charge in [-0.3, -0.25) is 0 Å². The summed E-state index contributed by atoms with van der Waals surface area (Å²) in [5.74, 6) is -0.188. The number of piperidine rings is 2. The van der Waals surface area contributed by atoms with Crippen molar-refractivity contribution in [2.45, 2.75) is 25.4 Å². The number of anilines is 1. The van der Waals surface area contributed by atoms with Crippen LogP contribution in [-0.2, 0) is 10.2 Å². The number of aryl methyl sites for hydroxylation is 1. The van der Waals surface area contributed by atoms with Crippen molar-refractivity contribution >= 4 is 27.3 Å². The van der Waals surface area contributed by atoms with Gasteiger partial charge in [-0.1, -0.05) is 6.07 Å². The van der Waals surface area contributed by atoms with E-state index < -0.39 is 15.8 Å². The second-order valence-corrected chi connectivity index (χ2v) is 10.0. The van der Waals surface area contributed by atoms with Crippen LogP contribution in [0.15, 0.2) is 22.6 Å². The van der Waals surface area contributed by atoms with Crippen LogP contribution in [0.4, 0.5) is 6.01 Å². The van der Waals surface area contributed by atoms with E-state index in [9.17, 15) is 13.5 Å². The molecule has 2 fully saturated rings. The molecule has 8 nitrogen and oxygen atoms in total. The number of oxazole rings is 1. The van der Waals surface area contributed by atoms with Crippen LogP contribution < -0.4 is 4.90 Å². The zero-order valence-corrected chi connectivity index (χ0v) is 16.7. The molecule has 2 aliphatic heterocycles. The van der Waals surface area contributed by atoms with E-state index in [2.05, 4.69) is 4.98 Å². The fourth-order valence-corrected chi connectivity index (χ4v) is 5.20. The third kappa shape index (κ3) is 3.22. The summed E-state index contributed by atoms with van der Waals surface area (Å²) >= 11 is 0. The van der Waals surface area contributed by atoms with Gasteiger partial charge < -0.3 is 14.4 Å². The molecule has 0 bridgehead atoms. The van der Waals surface area contributed by atoms with Gasteiger partial charge in [0.2, 0.25) is 0 Å². The van der Waals surface area contributed by atoms with Crippen LogP contribution in [0.3, 0.4) is 0 Å². The van der Waals surface area contributed by atoms with Gasteiger partial charge in [-0.15, -0.1) is 0 Å². The predicted octanol–water partition coefficient (Wildman–Crippen LogP) is 1.21. The monoisotopic (exact) mass is 394 g/mol. The standard InChI is InChI=1S/C18H26N4O4S/c1-13-4-5-16-15(10-13)19-17(26-16)21-8-6-18(23)7-9-22(12-14(18)11-21)27(24,25)20(2)3/h4-5,10,14,23H,6-9,11-12H2,1-3H3/t14-,18-/m0/s1. The number of rotatable bonds is 3. The van der Waals surface area contributed by atoms with Crippen molar-refractivity contribution in [1.29, 1.82) is 0 Å². The highest BCUT2D eigenvalue weighted by atomic mass is 32.2. The molecule has 0 unspecified atom stereocenters. The third-order valence-electron chi connectivity index (χ3n) is 5.82. The van der Waals surface area contributed by atoms with Gasteiger partial charge in [0.25, 0.3) is 16.2 Å². The number of nitrogens with zero attached hydrogens (tertiary/aromatic N) is 4. The lowest BCUT2D eigenvalue weighted by Gasteiger charge is -2.49. The summed E-state index contributed by atoms with van der Waals surface area (Å²) in [6, 6.07) is 6.41. The molecule has 4 rings (SSSR count). The summed E-state index contributed by atoms with van der Waals surface area (Å²) in [6.07, 6.45) is 1.02. The third-order valence-corrected chi connectivity index (χ3v) is 7.73. The predicted molar refractivity (Wildman–Crippen MR) is 103 cm³/mol. The van der Waals surface area contributed by atoms with Crippen molar-refractivity contribution < 1.29 is 17.9 Å². The Labute approximate surface area is 159 Å². The summed E-state index contributed by atoms with van der Waals surface area (Å²) < 4.78 is 33.6. The Morgan fingerprint density at radius 3 is 2.74 bits per heavy atom. The minimum Gasteiger partial charge on any atom is -0.423 e. The summed E-state index contributed by atoms with van der Waals surface area (Å²) in [4.78, 5) is 6.61. The van der Waals surface area contributed by atoms with E-state index in [4.69, 9.17) is 4.42 Å². The summed E-state index contributed by atoms with van der Waals surface area (Å²) in [6.45, 7) is 3.81. The molecule has 0 amide bonds. The van der Waals surface area contributed by atoms with Gasteiger partial charge in [-0.25, -0.2) is 0 Å². The minimum absolute atomic E-state index is 0.188. The van der Waals surface area contributed by atoms with Crippen molar-refractivity contribution in [1.82, 2.24) is 13.6 Å². The Kier molecular flexibility index (Phi) is 4.45. The SMILES string of the molecule is Cc1ccc2oc(N3CC[C@]4(O)CCN(S(=O)(=O)N(C)C)C[C@@H]4C3)nc2c1. The summed E-state index contributed by atoms with van der Waals surface area (Å²) in [5, 5.41) is 11.0. The fraction of sp³-hybridized carbons (Fsp3) is 0.611. The van der Waals surface area contributed by atoms with E-state index in [1.54, 1.807) is 0 Å². The van der Waals surface area contributed by atoms with Crippen LogP contribution in [0.2, 0.25) is 0 Å². The Morgan fingerprint density at radius 1 is 1.26 bits per heavy atom. The molecule has 148 valence electrons. The topological polar surface area (TPSA) is 90.1 Å². The first kappa shape index (κ1) is 18.7. The summed E-state index contributed by atoms with van der Waals surface area (Å²) in [7, 11) is -0.424. The molecule has 1 aromatic heterocycles. The van der Waals surface area contributed by atoms with Crippen molar-refractivity contribution in [3.8, 4) is 0 Å². The second-order valence-electron chi connectivity index (χ2n) is 7.86. The highest BCUT2D eigenvalue weighted by molar-refractivity contribution is 7.86. The van der Waals surface area contributed by atoms with Gasteiger partial charge in [0.05, 0.1) is 5.60 Å². The first-order valence-corrected chi connectivity index (χ1v) is 10.6. The lowest BCUT2D eigenvalue weighted by molar-refractivity contribution is -0.0699. The number of hydrogen-bond donors (Lipinski definition) is 1. The second kappa shape index (κ2) is 6.44. The average Bonchev–Trinajstić information content (AvgIpc) is 3.03.